The van der Waals surface area contributed by atoms with Crippen LogP contribution in [-0.4, -0.2) is 18.9 Å². The van der Waals surface area contributed by atoms with Crippen LogP contribution >= 0.6 is 0 Å². The van der Waals surface area contributed by atoms with Gasteiger partial charge in [0.05, 0.1) is 0 Å². The van der Waals surface area contributed by atoms with Gasteiger partial charge < -0.3 is 20.1 Å². The fourth-order valence-electron chi connectivity index (χ4n) is 8.24. The van der Waals surface area contributed by atoms with E-state index in [2.05, 4.69) is 45.1 Å². The molecule has 2 rings (SSSR count). The first-order valence-electron chi connectivity index (χ1n) is 25.7. The second-order valence-electron chi connectivity index (χ2n) is 17.6. The molecule has 0 saturated heterocycles. The zero-order valence-electron chi connectivity index (χ0n) is 38.7. The standard InChI is InChI=1S/C34H61BO3.C18H37N/c1-3-5-7-9-11-13-15-17-19-21-23-25-27-31-29-33-34(38-35(36)37-33)30-32(31)28-26-24-22-20-18-16-14-12-10-8-6-4-2;1-2-3-4-5-6-7-8-9-10-11-12-13-14-15-16-17-18-19/h29-30,36H,3-28H2,1-2H3;9-10H,2-8,11-19H2,1H3/b;10-9-. The third-order valence-electron chi connectivity index (χ3n) is 12.0. The van der Waals surface area contributed by atoms with Crippen LogP contribution in [0.15, 0.2) is 24.3 Å². The van der Waals surface area contributed by atoms with E-state index in [-0.39, 0.29) is 0 Å². The van der Waals surface area contributed by atoms with Crippen LogP contribution in [0.5, 0.6) is 11.5 Å². The first-order chi connectivity index (χ1) is 28.2. The van der Waals surface area contributed by atoms with E-state index in [4.69, 9.17) is 15.0 Å². The lowest BCUT2D eigenvalue weighted by Crippen LogP contribution is -2.23. The molecule has 0 amide bonds. The maximum Gasteiger partial charge on any atom is 0.785 e. The van der Waals surface area contributed by atoms with Crippen LogP contribution in [0.1, 0.15) is 276 Å². The first-order valence-corrected chi connectivity index (χ1v) is 25.7. The molecule has 0 unspecified atom stereocenters. The number of nitrogens with two attached hydrogens (primary N) is 1. The van der Waals surface area contributed by atoms with Gasteiger partial charge in [0.2, 0.25) is 0 Å². The highest BCUT2D eigenvalue weighted by molar-refractivity contribution is 6.38. The second-order valence-corrected chi connectivity index (χ2v) is 17.6. The molecule has 1 aliphatic rings. The van der Waals surface area contributed by atoms with Gasteiger partial charge in [-0.15, -0.1) is 0 Å². The molecular weight excluding hydrogens is 697 g/mol. The number of rotatable bonds is 41. The van der Waals surface area contributed by atoms with Crippen molar-refractivity contribution in [1.82, 2.24) is 0 Å². The minimum atomic E-state index is -1.15. The van der Waals surface area contributed by atoms with E-state index < -0.39 is 7.32 Å². The van der Waals surface area contributed by atoms with Crippen molar-refractivity contribution >= 4 is 7.32 Å². The molecule has 4 nitrogen and oxygen atoms in total. The van der Waals surface area contributed by atoms with Gasteiger partial charge in [0.1, 0.15) is 11.5 Å². The van der Waals surface area contributed by atoms with E-state index >= 15 is 0 Å². The van der Waals surface area contributed by atoms with Gasteiger partial charge in [-0.05, 0) is 87.6 Å². The number of aryl methyl sites for hydroxylation is 2. The second kappa shape index (κ2) is 42.7. The molecule has 0 atom stereocenters. The molecule has 5 heteroatoms. The number of unbranched alkanes of at least 4 members (excludes halogenated alkanes) is 34. The molecule has 0 radical (unpaired) electrons. The zero-order valence-corrected chi connectivity index (χ0v) is 38.7. The highest BCUT2D eigenvalue weighted by Crippen LogP contribution is 2.37. The van der Waals surface area contributed by atoms with Crippen molar-refractivity contribution in [3.63, 3.8) is 0 Å². The predicted octanol–water partition coefficient (Wildman–Crippen LogP) is 16.9. The highest BCUT2D eigenvalue weighted by atomic mass is 16.7. The molecule has 1 heterocycles. The molecule has 0 aromatic heterocycles. The summed E-state index contributed by atoms with van der Waals surface area (Å²) < 4.78 is 10.9. The summed E-state index contributed by atoms with van der Waals surface area (Å²) in [6.07, 6.45) is 59.3. The summed E-state index contributed by atoms with van der Waals surface area (Å²) in [5.74, 6) is 1.43. The van der Waals surface area contributed by atoms with Gasteiger partial charge >= 0.3 is 7.32 Å². The molecule has 1 aliphatic heterocycles. The Labute approximate surface area is 357 Å². The number of benzene rings is 1. The normalized spacial score (nSPS) is 12.2. The molecule has 0 aliphatic carbocycles. The lowest BCUT2D eigenvalue weighted by atomic mass is 9.95. The average Bonchev–Trinajstić information content (AvgIpc) is 3.58. The summed E-state index contributed by atoms with van der Waals surface area (Å²) in [5.41, 5.74) is 8.27. The third-order valence-corrected chi connectivity index (χ3v) is 12.0. The Morgan fingerprint density at radius 3 is 0.965 bits per heavy atom. The Balaban J connectivity index is 0.000000720. The van der Waals surface area contributed by atoms with Crippen molar-refractivity contribution in [1.29, 1.82) is 0 Å². The van der Waals surface area contributed by atoms with Crippen molar-refractivity contribution in [2.45, 2.75) is 278 Å². The Morgan fingerprint density at radius 2 is 0.667 bits per heavy atom. The van der Waals surface area contributed by atoms with Gasteiger partial charge in [-0.3, -0.25) is 0 Å². The molecule has 57 heavy (non-hydrogen) atoms. The van der Waals surface area contributed by atoms with Gasteiger partial charge in [-0.2, -0.15) is 0 Å². The number of allylic oxidation sites excluding steroid dienone is 2. The summed E-state index contributed by atoms with van der Waals surface area (Å²) in [6, 6.07) is 4.28. The smallest absolute Gasteiger partial charge is 0.498 e. The minimum Gasteiger partial charge on any atom is -0.498 e. The van der Waals surface area contributed by atoms with Crippen LogP contribution in [0.2, 0.25) is 0 Å². The fourth-order valence-corrected chi connectivity index (χ4v) is 8.24. The Kier molecular flexibility index (Phi) is 40.1. The maximum absolute atomic E-state index is 9.77. The minimum absolute atomic E-state index is 0.713. The molecule has 0 fully saturated rings. The topological polar surface area (TPSA) is 64.7 Å². The van der Waals surface area contributed by atoms with Crippen molar-refractivity contribution in [2.24, 2.45) is 5.73 Å². The molecule has 1 aromatic carbocycles. The lowest BCUT2D eigenvalue weighted by molar-refractivity contribution is 0.342. The van der Waals surface area contributed by atoms with Gasteiger partial charge in [0.15, 0.2) is 0 Å². The monoisotopic (exact) mass is 796 g/mol. The van der Waals surface area contributed by atoms with E-state index in [1.165, 1.54) is 255 Å². The van der Waals surface area contributed by atoms with Crippen LogP contribution in [0.4, 0.5) is 0 Å². The quantitative estimate of drug-likeness (QED) is 0.0394. The average molecular weight is 796 g/mol. The summed E-state index contributed by atoms with van der Waals surface area (Å²) in [4.78, 5) is 0. The van der Waals surface area contributed by atoms with E-state index in [0.717, 1.165) is 19.4 Å². The summed E-state index contributed by atoms with van der Waals surface area (Å²) in [6.45, 7) is 7.72. The maximum atomic E-state index is 9.77. The van der Waals surface area contributed by atoms with Crippen molar-refractivity contribution < 1.29 is 14.3 Å². The van der Waals surface area contributed by atoms with E-state index in [1.54, 1.807) is 0 Å². The van der Waals surface area contributed by atoms with Crippen molar-refractivity contribution in [3.8, 4) is 11.5 Å². The van der Waals surface area contributed by atoms with Crippen molar-refractivity contribution in [3.05, 3.63) is 35.4 Å². The molecule has 0 bridgehead atoms. The summed E-state index contributed by atoms with van der Waals surface area (Å²) in [5, 5.41) is 9.77. The zero-order chi connectivity index (χ0) is 41.1. The van der Waals surface area contributed by atoms with Gasteiger partial charge in [0.25, 0.3) is 0 Å². The van der Waals surface area contributed by atoms with Crippen LogP contribution < -0.4 is 15.0 Å². The Morgan fingerprint density at radius 1 is 0.404 bits per heavy atom. The van der Waals surface area contributed by atoms with E-state index in [9.17, 15) is 5.02 Å². The molecule has 0 spiro atoms. The Hall–Kier alpha value is -1.46. The van der Waals surface area contributed by atoms with Crippen LogP contribution in [0.25, 0.3) is 0 Å². The third kappa shape index (κ3) is 34.0. The van der Waals surface area contributed by atoms with Crippen LogP contribution in [0.3, 0.4) is 0 Å². The van der Waals surface area contributed by atoms with Crippen LogP contribution in [-0.2, 0) is 12.8 Å². The van der Waals surface area contributed by atoms with Gasteiger partial charge in [0, 0.05) is 0 Å². The predicted molar refractivity (Wildman–Crippen MR) is 254 cm³/mol. The van der Waals surface area contributed by atoms with Gasteiger partial charge in [-0.25, -0.2) is 0 Å². The first kappa shape index (κ1) is 53.6. The Bertz CT molecular complexity index is 943. The molecule has 1 aromatic rings. The molecular formula is C52H98BNO3. The number of hydrogen-bond donors (Lipinski definition) is 2. The lowest BCUT2D eigenvalue weighted by Gasteiger charge is -2.12. The summed E-state index contributed by atoms with van der Waals surface area (Å²) in [7, 11) is -1.15. The summed E-state index contributed by atoms with van der Waals surface area (Å²) >= 11 is 0. The molecule has 3 N–H and O–H groups in total. The number of fused-ring (bicyclic) bond motifs is 1. The van der Waals surface area contributed by atoms with E-state index in [1.807, 2.05) is 0 Å². The largest absolute Gasteiger partial charge is 0.785 e. The molecule has 332 valence electrons. The van der Waals surface area contributed by atoms with Crippen LogP contribution in [0, 0.1) is 0 Å². The van der Waals surface area contributed by atoms with Gasteiger partial charge in [-0.1, -0.05) is 232 Å². The van der Waals surface area contributed by atoms with E-state index in [0.29, 0.717) is 11.5 Å². The highest BCUT2D eigenvalue weighted by Gasteiger charge is 2.32. The fraction of sp³-hybridized carbons (Fsp3) is 0.846. The number of hydrogen-bond acceptors (Lipinski definition) is 4. The van der Waals surface area contributed by atoms with Crippen molar-refractivity contribution in [2.75, 3.05) is 6.54 Å². The SMILES string of the molecule is CCCCCCCC/C=C\CCCCCCCCN.CCCCCCCCCCCCCCc1cc2c(cc1CCCCCCCCCCCCCC)OB(O)O2. The molecule has 0 saturated carbocycles.